The highest BCUT2D eigenvalue weighted by molar-refractivity contribution is 5.94. The summed E-state index contributed by atoms with van der Waals surface area (Å²) in [6.45, 7) is 0.769. The van der Waals surface area contributed by atoms with Gasteiger partial charge in [-0.3, -0.25) is 4.79 Å². The zero-order valence-electron chi connectivity index (χ0n) is 12.6. The van der Waals surface area contributed by atoms with Gasteiger partial charge in [0.2, 0.25) is 0 Å². The summed E-state index contributed by atoms with van der Waals surface area (Å²) in [6.07, 6.45) is 5.02. The van der Waals surface area contributed by atoms with E-state index in [4.69, 9.17) is 0 Å². The van der Waals surface area contributed by atoms with E-state index in [0.29, 0.717) is 12.1 Å². The second-order valence-corrected chi connectivity index (χ2v) is 5.41. The van der Waals surface area contributed by atoms with E-state index in [-0.39, 0.29) is 11.7 Å². The molecule has 1 fully saturated rings. The first kappa shape index (κ1) is 16.7. The van der Waals surface area contributed by atoms with Gasteiger partial charge < -0.3 is 15.0 Å². The Morgan fingerprint density at radius 1 is 1.14 bits per heavy atom. The maximum atomic E-state index is 12.0. The molecule has 0 aliphatic carbocycles. The number of alkyl halides is 2. The number of likely N-dealkylation sites (tertiary alicyclic amines) is 1. The molecule has 1 N–H and O–H groups in total. The highest BCUT2D eigenvalue weighted by Crippen LogP contribution is 2.14. The summed E-state index contributed by atoms with van der Waals surface area (Å²) < 4.78 is 28.3. The van der Waals surface area contributed by atoms with Crippen molar-refractivity contribution in [1.82, 2.24) is 10.2 Å². The predicted molar refractivity (Wildman–Crippen MR) is 80.3 cm³/mol. The molecule has 2 rings (SSSR count). The van der Waals surface area contributed by atoms with Crippen LogP contribution >= 0.6 is 0 Å². The van der Waals surface area contributed by atoms with Gasteiger partial charge in [-0.15, -0.1) is 0 Å². The lowest BCUT2D eigenvalue weighted by atomic mass is 10.2. The van der Waals surface area contributed by atoms with Crippen molar-refractivity contribution < 1.29 is 18.3 Å². The van der Waals surface area contributed by atoms with E-state index in [9.17, 15) is 13.6 Å². The van der Waals surface area contributed by atoms with Gasteiger partial charge in [-0.05, 0) is 50.2 Å². The minimum atomic E-state index is -2.85. The molecule has 1 aliphatic rings. The summed E-state index contributed by atoms with van der Waals surface area (Å²) in [5.41, 5.74) is 0.442. The van der Waals surface area contributed by atoms with E-state index in [1.807, 2.05) is 0 Å². The molecule has 0 radical (unpaired) electrons. The molecule has 0 bridgehead atoms. The molecular formula is C16H22F2N2O2. The number of nitrogens with zero attached hydrogens (tertiary/aromatic N) is 1. The third-order valence-electron chi connectivity index (χ3n) is 3.75. The Morgan fingerprint density at radius 2 is 1.77 bits per heavy atom. The normalized spacial score (nSPS) is 16.3. The molecule has 1 aromatic rings. The van der Waals surface area contributed by atoms with Crippen LogP contribution in [0.2, 0.25) is 0 Å². The van der Waals surface area contributed by atoms with Gasteiger partial charge in [-0.1, -0.05) is 12.8 Å². The number of hydrogen-bond acceptors (Lipinski definition) is 3. The van der Waals surface area contributed by atoms with Crippen LogP contribution in [0.15, 0.2) is 24.3 Å². The Hall–Kier alpha value is -1.69. The third-order valence-corrected chi connectivity index (χ3v) is 3.75. The van der Waals surface area contributed by atoms with Gasteiger partial charge in [0.1, 0.15) is 5.75 Å². The molecule has 1 heterocycles. The number of halogens is 2. The molecule has 0 spiro atoms. The fourth-order valence-corrected chi connectivity index (χ4v) is 2.58. The van der Waals surface area contributed by atoms with Gasteiger partial charge in [-0.2, -0.15) is 8.78 Å². The van der Waals surface area contributed by atoms with E-state index in [1.54, 1.807) is 0 Å². The van der Waals surface area contributed by atoms with E-state index in [2.05, 4.69) is 15.0 Å². The molecule has 1 amide bonds. The highest BCUT2D eigenvalue weighted by atomic mass is 19.3. The molecule has 0 saturated carbocycles. The molecule has 0 unspecified atom stereocenters. The summed E-state index contributed by atoms with van der Waals surface area (Å²) in [5.74, 6) is -0.144. The summed E-state index contributed by atoms with van der Waals surface area (Å²) in [4.78, 5) is 14.3. The Morgan fingerprint density at radius 3 is 2.36 bits per heavy atom. The molecule has 1 saturated heterocycles. The van der Waals surface area contributed by atoms with Crippen molar-refractivity contribution >= 4 is 5.91 Å². The molecule has 4 nitrogen and oxygen atoms in total. The van der Waals surface area contributed by atoms with Crippen molar-refractivity contribution in [2.75, 3.05) is 26.2 Å². The first-order valence-corrected chi connectivity index (χ1v) is 7.70. The van der Waals surface area contributed by atoms with Crippen molar-refractivity contribution in [2.45, 2.75) is 32.3 Å². The minimum absolute atomic E-state index is 0.0520. The zero-order valence-corrected chi connectivity index (χ0v) is 12.6. The number of ether oxygens (including phenoxy) is 1. The maximum absolute atomic E-state index is 12.0. The fraction of sp³-hybridized carbons (Fsp3) is 0.562. The molecule has 1 aromatic carbocycles. The number of carbonyl (C=O) groups excluding carboxylic acids is 1. The minimum Gasteiger partial charge on any atom is -0.435 e. The quantitative estimate of drug-likeness (QED) is 0.878. The Balaban J connectivity index is 1.74. The topological polar surface area (TPSA) is 41.6 Å². The highest BCUT2D eigenvalue weighted by Gasteiger charge is 2.10. The van der Waals surface area contributed by atoms with Crippen LogP contribution in [0.5, 0.6) is 5.75 Å². The van der Waals surface area contributed by atoms with Gasteiger partial charge >= 0.3 is 6.61 Å². The first-order chi connectivity index (χ1) is 10.6. The second kappa shape index (κ2) is 8.68. The van der Waals surface area contributed by atoms with Crippen molar-refractivity contribution in [1.29, 1.82) is 0 Å². The Bertz CT molecular complexity index is 458. The van der Waals surface area contributed by atoms with Gasteiger partial charge in [0.15, 0.2) is 0 Å². The van der Waals surface area contributed by atoms with Crippen molar-refractivity contribution in [3.05, 3.63) is 29.8 Å². The summed E-state index contributed by atoms with van der Waals surface area (Å²) >= 11 is 0. The van der Waals surface area contributed by atoms with E-state index < -0.39 is 6.61 Å². The van der Waals surface area contributed by atoms with Crippen LogP contribution in [0.4, 0.5) is 8.78 Å². The number of hydrogen-bond donors (Lipinski definition) is 1. The molecule has 1 aliphatic heterocycles. The van der Waals surface area contributed by atoms with Gasteiger partial charge in [0.05, 0.1) is 0 Å². The third kappa shape index (κ3) is 5.60. The van der Waals surface area contributed by atoms with E-state index >= 15 is 0 Å². The Labute approximate surface area is 129 Å². The zero-order chi connectivity index (χ0) is 15.8. The molecule has 122 valence electrons. The van der Waals surface area contributed by atoms with Crippen molar-refractivity contribution in [2.24, 2.45) is 0 Å². The SMILES string of the molecule is O=C(NCCN1CCCCCC1)c1ccc(OC(F)F)cc1. The largest absolute Gasteiger partial charge is 0.435 e. The number of carbonyl (C=O) groups is 1. The smallest absolute Gasteiger partial charge is 0.387 e. The van der Waals surface area contributed by atoms with Gasteiger partial charge in [0, 0.05) is 18.7 Å². The fourth-order valence-electron chi connectivity index (χ4n) is 2.58. The van der Waals surface area contributed by atoms with Crippen LogP contribution in [-0.2, 0) is 0 Å². The van der Waals surface area contributed by atoms with Crippen LogP contribution in [0.25, 0.3) is 0 Å². The lowest BCUT2D eigenvalue weighted by Gasteiger charge is -2.19. The van der Waals surface area contributed by atoms with E-state index in [0.717, 1.165) is 19.6 Å². The molecular weight excluding hydrogens is 290 g/mol. The van der Waals surface area contributed by atoms with Crippen molar-refractivity contribution in [3.63, 3.8) is 0 Å². The standard InChI is InChI=1S/C16H22F2N2O2/c17-16(18)22-14-7-5-13(6-8-14)15(21)19-9-12-20-10-3-1-2-4-11-20/h5-8,16H,1-4,9-12H2,(H,19,21). The van der Waals surface area contributed by atoms with Crippen LogP contribution in [0.3, 0.4) is 0 Å². The first-order valence-electron chi connectivity index (χ1n) is 7.70. The number of rotatable bonds is 6. The molecule has 6 heteroatoms. The van der Waals surface area contributed by atoms with Crippen LogP contribution < -0.4 is 10.1 Å². The van der Waals surface area contributed by atoms with Crippen LogP contribution in [-0.4, -0.2) is 43.6 Å². The van der Waals surface area contributed by atoms with Gasteiger partial charge in [-0.25, -0.2) is 0 Å². The number of amides is 1. The molecule has 0 atom stereocenters. The number of nitrogens with one attached hydrogen (secondary N) is 1. The van der Waals surface area contributed by atoms with Crippen molar-refractivity contribution in [3.8, 4) is 5.75 Å². The lowest BCUT2D eigenvalue weighted by Crippen LogP contribution is -2.35. The van der Waals surface area contributed by atoms with Crippen LogP contribution in [0, 0.1) is 0 Å². The lowest BCUT2D eigenvalue weighted by molar-refractivity contribution is -0.0498. The number of benzene rings is 1. The summed E-state index contributed by atoms with van der Waals surface area (Å²) in [5, 5.41) is 2.86. The second-order valence-electron chi connectivity index (χ2n) is 5.41. The average Bonchev–Trinajstić information content (AvgIpc) is 2.76. The van der Waals surface area contributed by atoms with E-state index in [1.165, 1.54) is 49.9 Å². The Kier molecular flexibility index (Phi) is 6.58. The maximum Gasteiger partial charge on any atom is 0.387 e. The predicted octanol–water partition coefficient (Wildman–Crippen LogP) is 2.89. The summed E-state index contributed by atoms with van der Waals surface area (Å²) in [7, 11) is 0. The molecule has 0 aromatic heterocycles. The average molecular weight is 312 g/mol. The van der Waals surface area contributed by atoms with Gasteiger partial charge in [0.25, 0.3) is 5.91 Å². The molecule has 22 heavy (non-hydrogen) atoms. The van der Waals surface area contributed by atoms with Crippen LogP contribution in [0.1, 0.15) is 36.0 Å². The monoisotopic (exact) mass is 312 g/mol. The summed E-state index contributed by atoms with van der Waals surface area (Å²) in [6, 6.07) is 5.71.